The van der Waals surface area contributed by atoms with Gasteiger partial charge in [-0.05, 0) is 70.2 Å². The Balaban J connectivity index is 1.98. The normalized spacial score (nSPS) is 19.5. The van der Waals surface area contributed by atoms with Crippen LogP contribution in [-0.4, -0.2) is 33.0 Å². The molecule has 152 valence electrons. The van der Waals surface area contributed by atoms with Gasteiger partial charge in [0.2, 0.25) is 15.9 Å². The Morgan fingerprint density at radius 1 is 1.30 bits per heavy atom. The van der Waals surface area contributed by atoms with Crippen LogP contribution in [0.25, 0.3) is 0 Å². The third-order valence-corrected chi connectivity index (χ3v) is 6.68. The van der Waals surface area contributed by atoms with Crippen LogP contribution in [-0.2, 0) is 21.4 Å². The Bertz CT molecular complexity index is 735. The molecule has 1 aliphatic heterocycles. The molecule has 27 heavy (non-hydrogen) atoms. The van der Waals surface area contributed by atoms with E-state index in [1.165, 1.54) is 0 Å². The van der Waals surface area contributed by atoms with E-state index in [1.807, 2.05) is 0 Å². The molecule has 0 saturated carbocycles. The van der Waals surface area contributed by atoms with Gasteiger partial charge in [0.25, 0.3) is 0 Å². The Morgan fingerprint density at radius 3 is 2.63 bits per heavy atom. The first kappa shape index (κ1) is 21.9. The molecule has 2 unspecified atom stereocenters. The molecule has 3 N–H and O–H groups in total. The first-order valence-electron chi connectivity index (χ1n) is 9.68. The lowest BCUT2D eigenvalue weighted by Gasteiger charge is -2.28. The van der Waals surface area contributed by atoms with Crippen molar-refractivity contribution in [1.29, 1.82) is 0 Å². The maximum absolute atomic E-state index is 12.7. The van der Waals surface area contributed by atoms with Crippen LogP contribution >= 0.6 is 0 Å². The molecule has 0 aromatic heterocycles. The minimum absolute atomic E-state index is 0.0379. The molecule has 1 aromatic carbocycles. The summed E-state index contributed by atoms with van der Waals surface area (Å²) >= 11 is 0. The van der Waals surface area contributed by atoms with Crippen molar-refractivity contribution in [3.63, 3.8) is 0 Å². The Kier molecular flexibility index (Phi) is 7.42. The molecular formula is C20H33N3O3S. The number of sulfonamides is 1. The van der Waals surface area contributed by atoms with Gasteiger partial charge in [0.15, 0.2) is 0 Å². The molecule has 0 bridgehead atoms. The summed E-state index contributed by atoms with van der Waals surface area (Å²) in [7, 11) is -3.65. The van der Waals surface area contributed by atoms with Crippen LogP contribution in [0.15, 0.2) is 29.2 Å². The zero-order chi connectivity index (χ0) is 20.1. The summed E-state index contributed by atoms with van der Waals surface area (Å²) in [6, 6.07) is 6.80. The standard InChI is InChI=1S/C20H33N3O3S/c1-15(16-9-7-11-21-13-16)12-19(24)22-14-17-8-5-6-10-18(17)27(25,26)23-20(2,3)4/h5-6,8,10,15-16,21,23H,7,9,11-14H2,1-4H3,(H,22,24). The number of carbonyl (C=O) groups excluding carboxylic acids is 1. The van der Waals surface area contributed by atoms with E-state index in [4.69, 9.17) is 0 Å². The van der Waals surface area contributed by atoms with E-state index in [2.05, 4.69) is 22.3 Å². The summed E-state index contributed by atoms with van der Waals surface area (Å²) in [5.74, 6) is 0.788. The Labute approximate surface area is 163 Å². The SMILES string of the molecule is CC(CC(=O)NCc1ccccc1S(=O)(=O)NC(C)(C)C)C1CCCNC1. The van der Waals surface area contributed by atoms with Crippen molar-refractivity contribution in [2.24, 2.45) is 11.8 Å². The summed E-state index contributed by atoms with van der Waals surface area (Å²) in [5, 5.41) is 6.28. The molecule has 1 aromatic rings. The molecule has 0 radical (unpaired) electrons. The van der Waals surface area contributed by atoms with E-state index < -0.39 is 15.6 Å². The van der Waals surface area contributed by atoms with E-state index in [-0.39, 0.29) is 17.3 Å². The van der Waals surface area contributed by atoms with Gasteiger partial charge in [0.1, 0.15) is 0 Å². The van der Waals surface area contributed by atoms with Gasteiger partial charge < -0.3 is 10.6 Å². The first-order chi connectivity index (χ1) is 12.6. The molecule has 0 aliphatic carbocycles. The molecule has 7 heteroatoms. The van der Waals surface area contributed by atoms with Gasteiger partial charge in [-0.25, -0.2) is 13.1 Å². The average molecular weight is 396 g/mol. The summed E-state index contributed by atoms with van der Waals surface area (Å²) < 4.78 is 28.0. The molecule has 1 fully saturated rings. The molecule has 2 atom stereocenters. The fraction of sp³-hybridized carbons (Fsp3) is 0.650. The van der Waals surface area contributed by atoms with Crippen LogP contribution < -0.4 is 15.4 Å². The molecule has 0 spiro atoms. The minimum Gasteiger partial charge on any atom is -0.352 e. The fourth-order valence-corrected chi connectivity index (χ4v) is 5.12. The van der Waals surface area contributed by atoms with Gasteiger partial charge in [-0.2, -0.15) is 0 Å². The summed E-state index contributed by atoms with van der Waals surface area (Å²) in [5.41, 5.74) is 0.0214. The topological polar surface area (TPSA) is 87.3 Å². The van der Waals surface area contributed by atoms with Crippen molar-refractivity contribution >= 4 is 15.9 Å². The van der Waals surface area contributed by atoms with E-state index in [0.29, 0.717) is 23.8 Å². The lowest BCUT2D eigenvalue weighted by molar-refractivity contribution is -0.122. The second-order valence-corrected chi connectivity index (χ2v) is 10.2. The van der Waals surface area contributed by atoms with Crippen LogP contribution in [0.2, 0.25) is 0 Å². The molecule has 2 rings (SSSR count). The second-order valence-electron chi connectivity index (χ2n) is 8.53. The lowest BCUT2D eigenvalue weighted by Crippen LogP contribution is -2.41. The first-order valence-corrected chi connectivity index (χ1v) is 11.2. The zero-order valence-electron chi connectivity index (χ0n) is 16.8. The zero-order valence-corrected chi connectivity index (χ0v) is 17.7. The van der Waals surface area contributed by atoms with Crippen LogP contribution in [0.1, 0.15) is 52.5 Å². The Hall–Kier alpha value is -1.44. The predicted octanol–water partition coefficient (Wildman–Crippen LogP) is 2.41. The quantitative estimate of drug-likeness (QED) is 0.662. The van der Waals surface area contributed by atoms with Gasteiger partial charge >= 0.3 is 0 Å². The van der Waals surface area contributed by atoms with Crippen molar-refractivity contribution in [3.8, 4) is 0 Å². The van der Waals surface area contributed by atoms with E-state index >= 15 is 0 Å². The summed E-state index contributed by atoms with van der Waals surface area (Å²) in [6.07, 6.45) is 2.77. The fourth-order valence-electron chi connectivity index (χ4n) is 3.46. The smallest absolute Gasteiger partial charge is 0.241 e. The summed E-state index contributed by atoms with van der Waals surface area (Å²) in [4.78, 5) is 12.6. The highest BCUT2D eigenvalue weighted by molar-refractivity contribution is 7.89. The average Bonchev–Trinajstić information content (AvgIpc) is 2.59. The molecule has 1 amide bonds. The van der Waals surface area contributed by atoms with Crippen LogP contribution in [0.4, 0.5) is 0 Å². The minimum atomic E-state index is -3.65. The number of rotatable bonds is 7. The molecule has 1 saturated heterocycles. The number of amides is 1. The third-order valence-electron chi connectivity index (χ3n) is 4.83. The van der Waals surface area contributed by atoms with E-state index in [0.717, 1.165) is 25.9 Å². The second kappa shape index (κ2) is 9.17. The number of hydrogen-bond donors (Lipinski definition) is 3. The number of piperidine rings is 1. The van der Waals surface area contributed by atoms with Gasteiger partial charge in [0, 0.05) is 18.5 Å². The van der Waals surface area contributed by atoms with Gasteiger partial charge in [-0.1, -0.05) is 25.1 Å². The molecular weight excluding hydrogens is 362 g/mol. The van der Waals surface area contributed by atoms with Crippen LogP contribution in [0.3, 0.4) is 0 Å². The van der Waals surface area contributed by atoms with Crippen molar-refractivity contribution in [3.05, 3.63) is 29.8 Å². The number of nitrogens with one attached hydrogen (secondary N) is 3. The van der Waals surface area contributed by atoms with Crippen molar-refractivity contribution < 1.29 is 13.2 Å². The van der Waals surface area contributed by atoms with E-state index in [9.17, 15) is 13.2 Å². The van der Waals surface area contributed by atoms with Crippen molar-refractivity contribution in [2.75, 3.05) is 13.1 Å². The monoisotopic (exact) mass is 395 g/mol. The molecule has 1 heterocycles. The molecule has 1 aliphatic rings. The van der Waals surface area contributed by atoms with Gasteiger partial charge in [-0.3, -0.25) is 4.79 Å². The van der Waals surface area contributed by atoms with E-state index in [1.54, 1.807) is 45.0 Å². The van der Waals surface area contributed by atoms with Crippen molar-refractivity contribution in [1.82, 2.24) is 15.4 Å². The predicted molar refractivity (Wildman–Crippen MR) is 108 cm³/mol. The maximum atomic E-state index is 12.7. The largest absolute Gasteiger partial charge is 0.352 e. The van der Waals surface area contributed by atoms with Crippen LogP contribution in [0.5, 0.6) is 0 Å². The highest BCUT2D eigenvalue weighted by Gasteiger charge is 2.25. The number of carbonyl (C=O) groups is 1. The Morgan fingerprint density at radius 2 is 2.00 bits per heavy atom. The van der Waals surface area contributed by atoms with Crippen molar-refractivity contribution in [2.45, 2.75) is 63.9 Å². The van der Waals surface area contributed by atoms with Crippen LogP contribution in [0, 0.1) is 11.8 Å². The number of benzene rings is 1. The maximum Gasteiger partial charge on any atom is 0.241 e. The summed E-state index contributed by atoms with van der Waals surface area (Å²) in [6.45, 7) is 9.75. The third kappa shape index (κ3) is 6.90. The number of hydrogen-bond acceptors (Lipinski definition) is 4. The van der Waals surface area contributed by atoms with Gasteiger partial charge in [-0.15, -0.1) is 0 Å². The molecule has 6 nitrogen and oxygen atoms in total. The lowest BCUT2D eigenvalue weighted by atomic mass is 9.85. The van der Waals surface area contributed by atoms with Gasteiger partial charge in [0.05, 0.1) is 4.90 Å². The highest BCUT2D eigenvalue weighted by atomic mass is 32.2. The highest BCUT2D eigenvalue weighted by Crippen LogP contribution is 2.23.